The van der Waals surface area contributed by atoms with Crippen LogP contribution < -0.4 is 0 Å². The highest BCUT2D eigenvalue weighted by Gasteiger charge is 1.96. The molecule has 1 aliphatic heterocycles. The van der Waals surface area contributed by atoms with Crippen molar-refractivity contribution in [2.45, 2.75) is 6.92 Å². The Labute approximate surface area is 57.6 Å². The van der Waals surface area contributed by atoms with Crippen LogP contribution in [0.2, 0.25) is 0 Å². The summed E-state index contributed by atoms with van der Waals surface area (Å²) in [6, 6.07) is 0. The quantitative estimate of drug-likeness (QED) is 0.372. The molecule has 2 nitrogen and oxygen atoms in total. The van der Waals surface area contributed by atoms with Crippen molar-refractivity contribution in [2.75, 3.05) is 6.61 Å². The van der Waals surface area contributed by atoms with Crippen LogP contribution in [-0.4, -0.2) is 6.61 Å². The fraction of sp³-hybridized carbons (Fsp3) is 0.333. The molecule has 0 aromatic heterocycles. The zero-order valence-corrected chi connectivity index (χ0v) is 6.17. The Bertz CT molecular complexity index is 119. The van der Waals surface area contributed by atoms with E-state index in [9.17, 15) is 0 Å². The van der Waals surface area contributed by atoms with Gasteiger partial charge in [0.05, 0.1) is 6.61 Å². The van der Waals surface area contributed by atoms with Crippen LogP contribution in [0, 0.1) is 0 Å². The van der Waals surface area contributed by atoms with Crippen LogP contribution in [0.1, 0.15) is 6.92 Å². The van der Waals surface area contributed by atoms with E-state index in [1.54, 1.807) is 0 Å². The molecule has 0 aliphatic carbocycles. The molecule has 0 fully saturated rings. The van der Waals surface area contributed by atoms with Crippen LogP contribution in [0.25, 0.3) is 0 Å². The molecule has 0 spiro atoms. The predicted octanol–water partition coefficient (Wildman–Crippen LogP) is 1.91. The molecule has 0 amide bonds. The maximum absolute atomic E-state index is 4.94. The highest BCUT2D eigenvalue weighted by molar-refractivity contribution is 8.18. The summed E-state index contributed by atoms with van der Waals surface area (Å²) < 4.78 is 4.94. The van der Waals surface area contributed by atoms with Crippen LogP contribution in [0.5, 0.6) is 0 Å². The highest BCUT2D eigenvalue weighted by atomic mass is 32.2. The van der Waals surface area contributed by atoms with Crippen LogP contribution in [0.15, 0.2) is 23.0 Å². The molecule has 0 aromatic carbocycles. The number of thiol groups is 1. The Kier molecular flexibility index (Phi) is 2.83. The lowest BCUT2D eigenvalue weighted by Gasteiger charge is -2.06. The molecule has 0 aromatic rings. The summed E-state index contributed by atoms with van der Waals surface area (Å²) in [5, 5.41) is 3.98. The largest absolute Gasteiger partial charge is 0.226 e. The molecule has 3 heteroatoms. The standard InChI is InChI=1S/C6H10O2S/c1-2-7-8-9-5-3-4-6-9/h3-6,9H,2H2,1H3. The van der Waals surface area contributed by atoms with Gasteiger partial charge in [0.25, 0.3) is 0 Å². The Morgan fingerprint density at radius 1 is 1.33 bits per heavy atom. The summed E-state index contributed by atoms with van der Waals surface area (Å²) in [5.74, 6) is 0. The third kappa shape index (κ3) is 2.22. The molecule has 0 N–H and O–H groups in total. The van der Waals surface area contributed by atoms with Crippen LogP contribution in [-0.2, 0) is 9.22 Å². The minimum Gasteiger partial charge on any atom is -0.226 e. The van der Waals surface area contributed by atoms with Gasteiger partial charge in [-0.2, -0.15) is 4.33 Å². The Morgan fingerprint density at radius 3 is 2.56 bits per heavy atom. The molecule has 0 bridgehead atoms. The zero-order chi connectivity index (χ0) is 6.53. The minimum absolute atomic E-state index is 0.534. The van der Waals surface area contributed by atoms with Crippen molar-refractivity contribution in [1.82, 2.24) is 0 Å². The second kappa shape index (κ2) is 3.71. The van der Waals surface area contributed by atoms with E-state index in [1.165, 1.54) is 0 Å². The number of allylic oxidation sites excluding steroid dienone is 2. The summed E-state index contributed by atoms with van der Waals surface area (Å²) in [7, 11) is 0. The lowest BCUT2D eigenvalue weighted by Crippen LogP contribution is -1.86. The first-order valence-electron chi connectivity index (χ1n) is 2.86. The summed E-state index contributed by atoms with van der Waals surface area (Å²) in [6.45, 7) is 2.51. The average molecular weight is 146 g/mol. The Hall–Kier alpha value is -0.250. The van der Waals surface area contributed by atoms with Crippen molar-refractivity contribution in [3.63, 3.8) is 0 Å². The first kappa shape index (κ1) is 6.86. The summed E-state index contributed by atoms with van der Waals surface area (Å²) in [6.07, 6.45) is 3.93. The van der Waals surface area contributed by atoms with Crippen LogP contribution >= 0.6 is 11.2 Å². The third-order valence-corrected chi connectivity index (χ3v) is 2.04. The van der Waals surface area contributed by atoms with Gasteiger partial charge in [0.2, 0.25) is 0 Å². The van der Waals surface area contributed by atoms with Gasteiger partial charge in [-0.1, -0.05) is 23.3 Å². The summed E-state index contributed by atoms with van der Waals surface area (Å²) in [4.78, 5) is 4.74. The molecule has 9 heavy (non-hydrogen) atoms. The minimum atomic E-state index is -0.534. The van der Waals surface area contributed by atoms with Gasteiger partial charge >= 0.3 is 0 Å². The Balaban J connectivity index is 2.13. The monoisotopic (exact) mass is 146 g/mol. The lowest BCUT2D eigenvalue weighted by atomic mass is 10.6. The van der Waals surface area contributed by atoms with Crippen molar-refractivity contribution in [3.05, 3.63) is 23.0 Å². The molecule has 0 unspecified atom stereocenters. The van der Waals surface area contributed by atoms with Crippen LogP contribution in [0.4, 0.5) is 0 Å². The maximum Gasteiger partial charge on any atom is 0.0806 e. The van der Waals surface area contributed by atoms with Gasteiger partial charge in [0, 0.05) is 0 Å². The highest BCUT2D eigenvalue weighted by Crippen LogP contribution is 2.33. The normalized spacial score (nSPS) is 19.4. The van der Waals surface area contributed by atoms with Crippen molar-refractivity contribution >= 4 is 11.2 Å². The smallest absolute Gasteiger partial charge is 0.0806 e. The number of rotatable bonds is 3. The molecule has 0 radical (unpaired) electrons. The van der Waals surface area contributed by atoms with E-state index in [0.717, 1.165) is 0 Å². The molecular formula is C6H10O2S. The molecule has 1 heterocycles. The third-order valence-electron chi connectivity index (χ3n) is 0.834. The fourth-order valence-corrected chi connectivity index (χ4v) is 1.45. The van der Waals surface area contributed by atoms with Crippen molar-refractivity contribution in [1.29, 1.82) is 0 Å². The van der Waals surface area contributed by atoms with E-state index >= 15 is 0 Å². The van der Waals surface area contributed by atoms with Crippen molar-refractivity contribution in [2.24, 2.45) is 0 Å². The van der Waals surface area contributed by atoms with Gasteiger partial charge in [-0.25, -0.2) is 4.89 Å². The molecule has 52 valence electrons. The second-order valence-electron chi connectivity index (χ2n) is 1.52. The maximum atomic E-state index is 4.94. The SMILES string of the molecule is CCOO[SH]1C=CC=C1. The summed E-state index contributed by atoms with van der Waals surface area (Å²) in [5.41, 5.74) is 0. The first-order chi connectivity index (χ1) is 4.43. The molecule has 0 atom stereocenters. The molecule has 1 aliphatic rings. The predicted molar refractivity (Wildman–Crippen MR) is 40.0 cm³/mol. The average Bonchev–Trinajstić information content (AvgIpc) is 2.34. The molecular weight excluding hydrogens is 136 g/mol. The van der Waals surface area contributed by atoms with E-state index in [4.69, 9.17) is 9.22 Å². The van der Waals surface area contributed by atoms with E-state index in [-0.39, 0.29) is 0 Å². The Morgan fingerprint density at radius 2 is 2.00 bits per heavy atom. The summed E-state index contributed by atoms with van der Waals surface area (Å²) >= 11 is -0.534. The second-order valence-corrected chi connectivity index (χ2v) is 2.99. The lowest BCUT2D eigenvalue weighted by molar-refractivity contribution is -0.186. The van der Waals surface area contributed by atoms with Crippen LogP contribution in [0.3, 0.4) is 0 Å². The van der Waals surface area contributed by atoms with E-state index in [2.05, 4.69) is 0 Å². The number of hydrogen-bond acceptors (Lipinski definition) is 2. The molecule has 0 saturated heterocycles. The van der Waals surface area contributed by atoms with Gasteiger partial charge in [0.15, 0.2) is 0 Å². The van der Waals surface area contributed by atoms with E-state index in [1.807, 2.05) is 29.9 Å². The van der Waals surface area contributed by atoms with Gasteiger partial charge in [-0.05, 0) is 17.7 Å². The van der Waals surface area contributed by atoms with E-state index < -0.39 is 11.2 Å². The van der Waals surface area contributed by atoms with Gasteiger partial charge < -0.3 is 0 Å². The zero-order valence-electron chi connectivity index (χ0n) is 5.28. The van der Waals surface area contributed by atoms with Crippen molar-refractivity contribution in [3.8, 4) is 0 Å². The van der Waals surface area contributed by atoms with E-state index in [0.29, 0.717) is 6.61 Å². The van der Waals surface area contributed by atoms with Gasteiger partial charge in [-0.3, -0.25) is 0 Å². The molecule has 0 saturated carbocycles. The topological polar surface area (TPSA) is 18.5 Å². The van der Waals surface area contributed by atoms with Gasteiger partial charge in [0.1, 0.15) is 0 Å². The fourth-order valence-electron chi connectivity index (χ4n) is 0.482. The van der Waals surface area contributed by atoms with Crippen molar-refractivity contribution < 1.29 is 9.22 Å². The first-order valence-corrected chi connectivity index (χ1v) is 4.26. The number of hydrogen-bond donors (Lipinski definition) is 1. The molecule has 1 rings (SSSR count). The van der Waals surface area contributed by atoms with Gasteiger partial charge in [-0.15, -0.1) is 0 Å².